The lowest BCUT2D eigenvalue weighted by Gasteiger charge is -2.09. The lowest BCUT2D eigenvalue weighted by atomic mass is 10.1. The molecule has 1 aromatic heterocycles. The number of para-hydroxylation sites is 1. The smallest absolute Gasteiger partial charge is 0.256 e. The van der Waals surface area contributed by atoms with Gasteiger partial charge in [0, 0.05) is 23.0 Å². The van der Waals surface area contributed by atoms with E-state index < -0.39 is 0 Å². The van der Waals surface area contributed by atoms with Crippen molar-refractivity contribution in [3.05, 3.63) is 114 Å². The van der Waals surface area contributed by atoms with E-state index >= 15 is 0 Å². The molecule has 0 aliphatic carbocycles. The molecule has 4 rings (SSSR count). The van der Waals surface area contributed by atoms with Gasteiger partial charge in [-0.3, -0.25) is 9.59 Å². The van der Waals surface area contributed by atoms with Gasteiger partial charge in [0.05, 0.1) is 0 Å². The number of aromatic nitrogens is 1. The van der Waals surface area contributed by atoms with E-state index in [-0.39, 0.29) is 11.8 Å². The van der Waals surface area contributed by atoms with Crippen LogP contribution in [0.5, 0.6) is 11.5 Å². The quantitative estimate of drug-likeness (QED) is 0.448. The van der Waals surface area contributed by atoms with Gasteiger partial charge >= 0.3 is 0 Å². The lowest BCUT2D eigenvalue weighted by molar-refractivity contribution is 0.101. The first-order valence-electron chi connectivity index (χ1n) is 9.64. The molecule has 0 saturated heterocycles. The number of carbonyl (C=O) groups excluding carboxylic acids is 2. The van der Waals surface area contributed by atoms with Gasteiger partial charge in [-0.1, -0.05) is 30.3 Å². The standard InChI is InChI=1S/C25H19N3O3/c29-24(18-12-14-22(15-13-18)31-21-9-2-1-3-10-21)27-20-8-6-7-19(17-20)25(30)28-23-11-4-5-16-26-23/h1-17H,(H,27,29)(H,26,28,30). The number of pyridine rings is 1. The first-order valence-corrected chi connectivity index (χ1v) is 9.64. The number of nitrogens with one attached hydrogen (secondary N) is 2. The molecule has 0 bridgehead atoms. The first kappa shape index (κ1) is 19.8. The van der Waals surface area contributed by atoms with Crippen molar-refractivity contribution < 1.29 is 14.3 Å². The molecule has 1 heterocycles. The Bertz CT molecular complexity index is 1180. The Balaban J connectivity index is 1.40. The van der Waals surface area contributed by atoms with Crippen molar-refractivity contribution in [3.63, 3.8) is 0 Å². The lowest BCUT2D eigenvalue weighted by Crippen LogP contribution is -2.15. The minimum Gasteiger partial charge on any atom is -0.457 e. The molecule has 2 amide bonds. The van der Waals surface area contributed by atoms with Crippen LogP contribution in [0.15, 0.2) is 103 Å². The van der Waals surface area contributed by atoms with Crippen LogP contribution in [0.25, 0.3) is 0 Å². The molecule has 2 N–H and O–H groups in total. The van der Waals surface area contributed by atoms with E-state index in [1.807, 2.05) is 30.3 Å². The number of hydrogen-bond acceptors (Lipinski definition) is 4. The van der Waals surface area contributed by atoms with Crippen LogP contribution in [0.2, 0.25) is 0 Å². The van der Waals surface area contributed by atoms with E-state index in [4.69, 9.17) is 4.74 Å². The largest absolute Gasteiger partial charge is 0.457 e. The topological polar surface area (TPSA) is 80.3 Å². The second-order valence-corrected chi connectivity index (χ2v) is 6.64. The third kappa shape index (κ3) is 5.33. The van der Waals surface area contributed by atoms with E-state index in [0.717, 1.165) is 5.75 Å². The second-order valence-electron chi connectivity index (χ2n) is 6.64. The Kier molecular flexibility index (Phi) is 6.00. The number of nitrogens with zero attached hydrogens (tertiary/aromatic N) is 1. The van der Waals surface area contributed by atoms with Crippen LogP contribution in [0.4, 0.5) is 11.5 Å². The van der Waals surface area contributed by atoms with Gasteiger partial charge in [-0.15, -0.1) is 0 Å². The summed E-state index contributed by atoms with van der Waals surface area (Å²) in [5.74, 6) is 1.22. The zero-order valence-corrected chi connectivity index (χ0v) is 16.5. The highest BCUT2D eigenvalue weighted by Gasteiger charge is 2.10. The molecule has 3 aromatic carbocycles. The number of amides is 2. The molecule has 31 heavy (non-hydrogen) atoms. The molecule has 6 heteroatoms. The number of anilines is 2. The van der Waals surface area contributed by atoms with Gasteiger partial charge in [-0.2, -0.15) is 0 Å². The molecule has 152 valence electrons. The summed E-state index contributed by atoms with van der Waals surface area (Å²) in [4.78, 5) is 29.1. The van der Waals surface area contributed by atoms with Gasteiger partial charge in [-0.05, 0) is 66.7 Å². The summed E-state index contributed by atoms with van der Waals surface area (Å²) in [6.45, 7) is 0. The molecule has 0 fully saturated rings. The van der Waals surface area contributed by atoms with Crippen molar-refractivity contribution in [3.8, 4) is 11.5 Å². The van der Waals surface area contributed by atoms with Gasteiger partial charge in [0.25, 0.3) is 11.8 Å². The zero-order valence-electron chi connectivity index (χ0n) is 16.5. The Morgan fingerprint density at radius 3 is 2.10 bits per heavy atom. The van der Waals surface area contributed by atoms with Crippen molar-refractivity contribution in [2.75, 3.05) is 10.6 Å². The Hall–Kier alpha value is -4.45. The highest BCUT2D eigenvalue weighted by molar-refractivity contribution is 6.07. The monoisotopic (exact) mass is 409 g/mol. The molecule has 0 spiro atoms. The summed E-state index contributed by atoms with van der Waals surface area (Å²) < 4.78 is 5.74. The van der Waals surface area contributed by atoms with Crippen LogP contribution < -0.4 is 15.4 Å². The van der Waals surface area contributed by atoms with Gasteiger partial charge in [0.15, 0.2) is 0 Å². The minimum atomic E-state index is -0.308. The van der Waals surface area contributed by atoms with Crippen molar-refractivity contribution in [2.45, 2.75) is 0 Å². The average molecular weight is 409 g/mol. The number of rotatable bonds is 6. The van der Waals surface area contributed by atoms with Crippen molar-refractivity contribution >= 4 is 23.3 Å². The van der Waals surface area contributed by atoms with Crippen LogP contribution in [-0.4, -0.2) is 16.8 Å². The van der Waals surface area contributed by atoms with Crippen LogP contribution in [-0.2, 0) is 0 Å². The van der Waals surface area contributed by atoms with Crippen LogP contribution in [0.1, 0.15) is 20.7 Å². The summed E-state index contributed by atoms with van der Waals surface area (Å²) >= 11 is 0. The van der Waals surface area contributed by atoms with Crippen molar-refractivity contribution in [2.24, 2.45) is 0 Å². The van der Waals surface area contributed by atoms with Crippen molar-refractivity contribution in [1.82, 2.24) is 4.98 Å². The zero-order chi connectivity index (χ0) is 21.5. The maximum atomic E-state index is 12.6. The molecule has 0 unspecified atom stereocenters. The molecular formula is C25H19N3O3. The Labute approximate surface area is 179 Å². The van der Waals surface area contributed by atoms with Crippen LogP contribution in [0, 0.1) is 0 Å². The molecule has 0 aliphatic heterocycles. The Morgan fingerprint density at radius 2 is 1.35 bits per heavy atom. The molecule has 0 saturated carbocycles. The predicted molar refractivity (Wildman–Crippen MR) is 120 cm³/mol. The molecule has 0 aliphatic rings. The summed E-state index contributed by atoms with van der Waals surface area (Å²) in [5.41, 5.74) is 1.40. The fourth-order valence-corrected chi connectivity index (χ4v) is 2.87. The fraction of sp³-hybridized carbons (Fsp3) is 0. The van der Waals surface area contributed by atoms with E-state index in [1.54, 1.807) is 72.9 Å². The number of hydrogen-bond donors (Lipinski definition) is 2. The Morgan fingerprint density at radius 1 is 0.645 bits per heavy atom. The maximum Gasteiger partial charge on any atom is 0.256 e. The molecule has 0 atom stereocenters. The van der Waals surface area contributed by atoms with Crippen LogP contribution >= 0.6 is 0 Å². The van der Waals surface area contributed by atoms with Gasteiger partial charge in [-0.25, -0.2) is 4.98 Å². The number of ether oxygens (including phenoxy) is 1. The van der Waals surface area contributed by atoms with Gasteiger partial charge < -0.3 is 15.4 Å². The highest BCUT2D eigenvalue weighted by Crippen LogP contribution is 2.21. The second kappa shape index (κ2) is 9.37. The third-order valence-corrected chi connectivity index (χ3v) is 4.38. The van der Waals surface area contributed by atoms with Crippen LogP contribution in [0.3, 0.4) is 0 Å². The first-order chi connectivity index (χ1) is 15.2. The fourth-order valence-electron chi connectivity index (χ4n) is 2.87. The molecule has 6 nitrogen and oxygen atoms in total. The molecule has 4 aromatic rings. The maximum absolute atomic E-state index is 12.6. The predicted octanol–water partition coefficient (Wildman–Crippen LogP) is 5.38. The van der Waals surface area contributed by atoms with E-state index in [1.165, 1.54) is 0 Å². The van der Waals surface area contributed by atoms with Crippen molar-refractivity contribution in [1.29, 1.82) is 0 Å². The summed E-state index contributed by atoms with van der Waals surface area (Å²) in [7, 11) is 0. The van der Waals surface area contributed by atoms with Gasteiger partial charge in [0.1, 0.15) is 17.3 Å². The average Bonchev–Trinajstić information content (AvgIpc) is 2.81. The summed E-state index contributed by atoms with van der Waals surface area (Å²) in [5, 5.41) is 5.53. The SMILES string of the molecule is O=C(Nc1cccc(C(=O)Nc2ccccn2)c1)c1ccc(Oc2ccccc2)cc1. The van der Waals surface area contributed by atoms with E-state index in [2.05, 4.69) is 15.6 Å². The molecular weight excluding hydrogens is 390 g/mol. The minimum absolute atomic E-state index is 0.284. The summed E-state index contributed by atoms with van der Waals surface area (Å²) in [6.07, 6.45) is 1.60. The van der Waals surface area contributed by atoms with E-state index in [0.29, 0.717) is 28.4 Å². The highest BCUT2D eigenvalue weighted by atomic mass is 16.5. The molecule has 0 radical (unpaired) electrons. The summed E-state index contributed by atoms with van der Waals surface area (Å²) in [6, 6.07) is 28.2. The number of benzene rings is 3. The number of carbonyl (C=O) groups is 2. The van der Waals surface area contributed by atoms with Gasteiger partial charge in [0.2, 0.25) is 0 Å². The normalized spacial score (nSPS) is 10.2. The third-order valence-electron chi connectivity index (χ3n) is 4.38. The van der Waals surface area contributed by atoms with E-state index in [9.17, 15) is 9.59 Å².